The first-order valence-corrected chi connectivity index (χ1v) is 9.29. The second kappa shape index (κ2) is 7.41. The van der Waals surface area contributed by atoms with Crippen LogP contribution in [0.15, 0.2) is 36.7 Å². The summed E-state index contributed by atoms with van der Waals surface area (Å²) in [6.07, 6.45) is 3.54. The SMILES string of the molecule is COc1ccccc1-n1cc(CNC(=O)[C@H]2CSC(C)(C)C(=O)N2)cn1. The minimum atomic E-state index is -0.509. The van der Waals surface area contributed by atoms with Gasteiger partial charge in [-0.3, -0.25) is 9.59 Å². The highest BCUT2D eigenvalue weighted by molar-refractivity contribution is 8.01. The predicted octanol–water partition coefficient (Wildman–Crippen LogP) is 1.51. The van der Waals surface area contributed by atoms with Crippen molar-refractivity contribution in [3.05, 3.63) is 42.2 Å². The Labute approximate surface area is 156 Å². The number of hydrogen-bond donors (Lipinski definition) is 2. The largest absolute Gasteiger partial charge is 0.494 e. The third-order valence-corrected chi connectivity index (χ3v) is 5.62. The maximum atomic E-state index is 12.3. The topological polar surface area (TPSA) is 85.2 Å². The van der Waals surface area contributed by atoms with Crippen molar-refractivity contribution in [3.63, 3.8) is 0 Å². The summed E-state index contributed by atoms with van der Waals surface area (Å²) in [5, 5.41) is 9.97. The molecule has 2 aromatic rings. The summed E-state index contributed by atoms with van der Waals surface area (Å²) in [6, 6.07) is 7.06. The van der Waals surface area contributed by atoms with Crippen molar-refractivity contribution >= 4 is 23.6 Å². The van der Waals surface area contributed by atoms with Crippen molar-refractivity contribution in [2.75, 3.05) is 12.9 Å². The fraction of sp³-hybridized carbons (Fsp3) is 0.389. The summed E-state index contributed by atoms with van der Waals surface area (Å²) in [5.74, 6) is 0.977. The van der Waals surface area contributed by atoms with Gasteiger partial charge >= 0.3 is 0 Å². The fourth-order valence-corrected chi connectivity index (χ4v) is 3.59. The van der Waals surface area contributed by atoms with Crippen LogP contribution in [0.4, 0.5) is 0 Å². The highest BCUT2D eigenvalue weighted by Gasteiger charge is 2.37. The van der Waals surface area contributed by atoms with E-state index >= 15 is 0 Å². The predicted molar refractivity (Wildman–Crippen MR) is 100 cm³/mol. The van der Waals surface area contributed by atoms with E-state index in [9.17, 15) is 9.59 Å². The first-order chi connectivity index (χ1) is 12.4. The van der Waals surface area contributed by atoms with Crippen molar-refractivity contribution in [2.24, 2.45) is 0 Å². The lowest BCUT2D eigenvalue weighted by atomic mass is 10.1. The van der Waals surface area contributed by atoms with E-state index in [0.717, 1.165) is 17.0 Å². The van der Waals surface area contributed by atoms with Crippen molar-refractivity contribution in [1.82, 2.24) is 20.4 Å². The molecule has 1 saturated heterocycles. The number of amides is 2. The van der Waals surface area contributed by atoms with Gasteiger partial charge in [-0.05, 0) is 26.0 Å². The quantitative estimate of drug-likeness (QED) is 0.829. The second-order valence-corrected chi connectivity index (χ2v) is 8.17. The van der Waals surface area contributed by atoms with Crippen LogP contribution in [-0.2, 0) is 16.1 Å². The maximum Gasteiger partial charge on any atom is 0.243 e. The van der Waals surface area contributed by atoms with Gasteiger partial charge in [-0.2, -0.15) is 5.10 Å². The second-order valence-electron chi connectivity index (χ2n) is 6.53. The Kier molecular flexibility index (Phi) is 5.22. The van der Waals surface area contributed by atoms with Gasteiger partial charge in [0.15, 0.2) is 0 Å². The molecule has 0 radical (unpaired) electrons. The zero-order valence-corrected chi connectivity index (χ0v) is 15.8. The van der Waals surface area contributed by atoms with Crippen molar-refractivity contribution in [3.8, 4) is 11.4 Å². The zero-order valence-electron chi connectivity index (χ0n) is 15.0. The molecule has 3 rings (SSSR count). The normalized spacial score (nSPS) is 18.9. The number of ether oxygens (including phenoxy) is 1. The number of benzene rings is 1. The van der Waals surface area contributed by atoms with E-state index in [1.807, 2.05) is 44.3 Å². The molecule has 0 aliphatic carbocycles. The molecule has 1 aliphatic heterocycles. The van der Waals surface area contributed by atoms with Crippen LogP contribution in [-0.4, -0.2) is 45.2 Å². The average molecular weight is 374 g/mol. The summed E-state index contributed by atoms with van der Waals surface area (Å²) >= 11 is 1.49. The van der Waals surface area contributed by atoms with Gasteiger partial charge in [-0.25, -0.2) is 4.68 Å². The number of nitrogens with zero attached hydrogens (tertiary/aromatic N) is 2. The first-order valence-electron chi connectivity index (χ1n) is 8.30. The van der Waals surface area contributed by atoms with Crippen LogP contribution < -0.4 is 15.4 Å². The summed E-state index contributed by atoms with van der Waals surface area (Å²) in [5.41, 5.74) is 1.69. The van der Waals surface area contributed by atoms with Gasteiger partial charge < -0.3 is 15.4 Å². The van der Waals surface area contributed by atoms with Gasteiger partial charge in [-0.15, -0.1) is 11.8 Å². The monoisotopic (exact) mass is 374 g/mol. The fourth-order valence-electron chi connectivity index (χ4n) is 2.59. The molecule has 1 aromatic carbocycles. The Hall–Kier alpha value is -2.48. The summed E-state index contributed by atoms with van der Waals surface area (Å²) in [6.45, 7) is 4.05. The molecule has 0 unspecified atom stereocenters. The van der Waals surface area contributed by atoms with Gasteiger partial charge in [0.05, 0.1) is 18.1 Å². The molecular formula is C18H22N4O3S. The van der Waals surface area contributed by atoms with E-state index in [-0.39, 0.29) is 11.8 Å². The molecule has 2 amide bonds. The van der Waals surface area contributed by atoms with Gasteiger partial charge in [0.2, 0.25) is 11.8 Å². The number of thioether (sulfide) groups is 1. The molecule has 2 N–H and O–H groups in total. The number of nitrogens with one attached hydrogen (secondary N) is 2. The average Bonchev–Trinajstić information content (AvgIpc) is 3.10. The molecule has 1 aliphatic rings. The van der Waals surface area contributed by atoms with Crippen molar-refractivity contribution in [1.29, 1.82) is 0 Å². The maximum absolute atomic E-state index is 12.3. The molecule has 1 atom stereocenters. The van der Waals surface area contributed by atoms with Gasteiger partial charge in [0, 0.05) is 24.1 Å². The van der Waals surface area contributed by atoms with Crippen molar-refractivity contribution in [2.45, 2.75) is 31.2 Å². The number of methoxy groups -OCH3 is 1. The highest BCUT2D eigenvalue weighted by Crippen LogP contribution is 2.29. The van der Waals surface area contributed by atoms with E-state index in [4.69, 9.17) is 4.74 Å². The molecule has 0 spiro atoms. The Bertz CT molecular complexity index is 818. The Morgan fingerprint density at radius 3 is 2.96 bits per heavy atom. The van der Waals surface area contributed by atoms with Crippen molar-refractivity contribution < 1.29 is 14.3 Å². The molecular weight excluding hydrogens is 352 g/mol. The van der Waals surface area contributed by atoms with Gasteiger partial charge in [0.1, 0.15) is 17.5 Å². The van der Waals surface area contributed by atoms with E-state index in [2.05, 4.69) is 15.7 Å². The Balaban J connectivity index is 1.60. The third-order valence-electron chi connectivity index (χ3n) is 4.21. The molecule has 26 heavy (non-hydrogen) atoms. The molecule has 0 bridgehead atoms. The molecule has 1 fully saturated rings. The molecule has 8 heteroatoms. The van der Waals surface area contributed by atoms with Gasteiger partial charge in [-0.1, -0.05) is 12.1 Å². The molecule has 1 aromatic heterocycles. The van der Waals surface area contributed by atoms with E-state index in [0.29, 0.717) is 12.3 Å². The summed E-state index contributed by atoms with van der Waals surface area (Å²) in [7, 11) is 1.61. The van der Waals surface area contributed by atoms with Gasteiger partial charge in [0.25, 0.3) is 0 Å². The number of hydrogen-bond acceptors (Lipinski definition) is 5. The summed E-state index contributed by atoms with van der Waals surface area (Å²) < 4.78 is 6.56. The van der Waals surface area contributed by atoms with Crippen LogP contribution in [0.25, 0.3) is 5.69 Å². The summed E-state index contributed by atoms with van der Waals surface area (Å²) in [4.78, 5) is 24.3. The van der Waals surface area contributed by atoms with E-state index in [1.54, 1.807) is 18.0 Å². The lowest BCUT2D eigenvalue weighted by molar-refractivity contribution is -0.129. The molecule has 138 valence electrons. The lowest BCUT2D eigenvalue weighted by Gasteiger charge is -2.32. The molecule has 0 saturated carbocycles. The van der Waals surface area contributed by atoms with Crippen LogP contribution in [0.1, 0.15) is 19.4 Å². The first kappa shape index (κ1) is 18.3. The smallest absolute Gasteiger partial charge is 0.243 e. The number of rotatable bonds is 5. The Morgan fingerprint density at radius 1 is 1.46 bits per heavy atom. The third kappa shape index (κ3) is 3.85. The zero-order chi connectivity index (χ0) is 18.7. The van der Waals surface area contributed by atoms with E-state index < -0.39 is 10.8 Å². The van der Waals surface area contributed by atoms with Crippen LogP contribution >= 0.6 is 11.8 Å². The minimum Gasteiger partial charge on any atom is -0.494 e. The van der Waals surface area contributed by atoms with Crippen LogP contribution in [0.2, 0.25) is 0 Å². The Morgan fingerprint density at radius 2 is 2.23 bits per heavy atom. The number of para-hydroxylation sites is 2. The molecule has 7 nitrogen and oxygen atoms in total. The van der Waals surface area contributed by atoms with Crippen LogP contribution in [0, 0.1) is 0 Å². The number of carbonyl (C=O) groups is 2. The van der Waals surface area contributed by atoms with Crippen LogP contribution in [0.5, 0.6) is 5.75 Å². The minimum absolute atomic E-state index is 0.113. The van der Waals surface area contributed by atoms with E-state index in [1.165, 1.54) is 11.8 Å². The number of aromatic nitrogens is 2. The standard InChI is InChI=1S/C18H22N4O3S/c1-18(2)17(24)21-13(11-26-18)16(23)19-8-12-9-20-22(10-12)14-6-4-5-7-15(14)25-3/h4-7,9-10,13H,8,11H2,1-3H3,(H,19,23)(H,21,24)/t13-/m1/s1. The molecule has 2 heterocycles. The highest BCUT2D eigenvalue weighted by atomic mass is 32.2. The van der Waals surface area contributed by atoms with Crippen LogP contribution in [0.3, 0.4) is 0 Å². The number of carbonyl (C=O) groups excluding carboxylic acids is 2. The lowest BCUT2D eigenvalue weighted by Crippen LogP contribution is -2.56.